The number of carbonyl (C=O) groups is 2. The number of esters is 1. The minimum Gasteiger partial charge on any atom is -0.465 e. The summed E-state index contributed by atoms with van der Waals surface area (Å²) in [5.74, 6) is -0.910. The Bertz CT molecular complexity index is 848. The molecule has 5 nitrogen and oxygen atoms in total. The highest BCUT2D eigenvalue weighted by Crippen LogP contribution is 2.32. The summed E-state index contributed by atoms with van der Waals surface area (Å²) in [5.41, 5.74) is 1.64. The second-order valence-electron chi connectivity index (χ2n) is 4.74. The summed E-state index contributed by atoms with van der Waals surface area (Å²) in [5, 5.41) is 12.2. The van der Waals surface area contributed by atoms with Crippen LogP contribution >= 0.6 is 27.3 Å². The van der Waals surface area contributed by atoms with E-state index in [-0.39, 0.29) is 11.5 Å². The molecule has 2 aromatic rings. The van der Waals surface area contributed by atoms with Gasteiger partial charge in [0.15, 0.2) is 0 Å². The summed E-state index contributed by atoms with van der Waals surface area (Å²) in [6, 6.07) is 9.47. The van der Waals surface area contributed by atoms with Gasteiger partial charge in [0.2, 0.25) is 5.91 Å². The molecule has 1 aromatic carbocycles. The van der Waals surface area contributed by atoms with E-state index in [1.807, 2.05) is 30.3 Å². The summed E-state index contributed by atoms with van der Waals surface area (Å²) in [6.07, 6.45) is 3.03. The lowest BCUT2D eigenvalue weighted by atomic mass is 10.2. The number of hydrogen-bond donors (Lipinski definition) is 1. The molecular formula is C17H13BrN2O3S. The van der Waals surface area contributed by atoms with Crippen LogP contribution in [0.25, 0.3) is 6.08 Å². The van der Waals surface area contributed by atoms with Crippen molar-refractivity contribution >= 4 is 50.2 Å². The molecule has 0 saturated heterocycles. The van der Waals surface area contributed by atoms with Gasteiger partial charge >= 0.3 is 5.97 Å². The second kappa shape index (κ2) is 7.90. The Labute approximate surface area is 151 Å². The van der Waals surface area contributed by atoms with Crippen molar-refractivity contribution in [2.24, 2.45) is 0 Å². The highest BCUT2D eigenvalue weighted by molar-refractivity contribution is 9.10. The van der Waals surface area contributed by atoms with Gasteiger partial charge in [-0.15, -0.1) is 11.3 Å². The molecule has 0 atom stereocenters. The largest absolute Gasteiger partial charge is 0.465 e. The van der Waals surface area contributed by atoms with Crippen LogP contribution in [-0.2, 0) is 9.53 Å². The number of halogens is 1. The molecule has 0 unspecified atom stereocenters. The zero-order valence-electron chi connectivity index (χ0n) is 12.9. The number of benzene rings is 1. The highest BCUT2D eigenvalue weighted by atomic mass is 79.9. The molecular weight excluding hydrogens is 392 g/mol. The van der Waals surface area contributed by atoms with Crippen molar-refractivity contribution in [2.75, 3.05) is 12.4 Å². The smallest absolute Gasteiger partial charge is 0.348 e. The second-order valence-corrected chi connectivity index (χ2v) is 6.67. The summed E-state index contributed by atoms with van der Waals surface area (Å²) in [6.45, 7) is 1.65. The van der Waals surface area contributed by atoms with Crippen LogP contribution in [0.15, 0.2) is 34.8 Å². The molecule has 122 valence electrons. The van der Waals surface area contributed by atoms with Gasteiger partial charge in [-0.2, -0.15) is 5.26 Å². The molecule has 7 heteroatoms. The Hall–Kier alpha value is -2.43. The molecule has 0 saturated carbocycles. The minimum atomic E-state index is -0.528. The lowest BCUT2D eigenvalue weighted by molar-refractivity contribution is -0.111. The van der Waals surface area contributed by atoms with Crippen LogP contribution in [0.4, 0.5) is 5.00 Å². The highest BCUT2D eigenvalue weighted by Gasteiger charge is 2.21. The van der Waals surface area contributed by atoms with Crippen molar-refractivity contribution in [3.8, 4) is 6.07 Å². The Morgan fingerprint density at radius 2 is 2.00 bits per heavy atom. The first-order valence-corrected chi connectivity index (χ1v) is 8.43. The molecule has 1 aromatic heterocycles. The number of rotatable bonds is 4. The Morgan fingerprint density at radius 1 is 1.33 bits per heavy atom. The first kappa shape index (κ1) is 17.9. The minimum absolute atomic E-state index is 0.269. The van der Waals surface area contributed by atoms with Crippen LogP contribution in [-0.4, -0.2) is 19.0 Å². The number of methoxy groups -OCH3 is 1. The van der Waals surface area contributed by atoms with Gasteiger partial charge in [-0.1, -0.05) is 28.1 Å². The van der Waals surface area contributed by atoms with Crippen LogP contribution in [0.2, 0.25) is 0 Å². The van der Waals surface area contributed by atoms with Crippen LogP contribution in [0.1, 0.15) is 26.4 Å². The fraction of sp³-hybridized carbons (Fsp3) is 0.118. The van der Waals surface area contributed by atoms with E-state index in [0.717, 1.165) is 21.4 Å². The number of anilines is 1. The predicted octanol–water partition coefficient (Wildman–Crippen LogP) is 4.13. The molecule has 0 radical (unpaired) electrons. The van der Waals surface area contributed by atoms with Gasteiger partial charge in [-0.3, -0.25) is 4.79 Å². The van der Waals surface area contributed by atoms with E-state index in [4.69, 9.17) is 0 Å². The molecule has 24 heavy (non-hydrogen) atoms. The third-order valence-electron chi connectivity index (χ3n) is 3.16. The average molecular weight is 405 g/mol. The van der Waals surface area contributed by atoms with Gasteiger partial charge in [-0.25, -0.2) is 4.79 Å². The maximum Gasteiger partial charge on any atom is 0.348 e. The van der Waals surface area contributed by atoms with Crippen molar-refractivity contribution in [2.45, 2.75) is 6.92 Å². The summed E-state index contributed by atoms with van der Waals surface area (Å²) >= 11 is 4.37. The fourth-order valence-electron chi connectivity index (χ4n) is 1.92. The number of nitriles is 1. The number of nitrogens with zero attached hydrogens (tertiary/aromatic N) is 1. The van der Waals surface area contributed by atoms with Gasteiger partial charge in [0.25, 0.3) is 0 Å². The third kappa shape index (κ3) is 4.10. The topological polar surface area (TPSA) is 79.2 Å². The van der Waals surface area contributed by atoms with Gasteiger partial charge < -0.3 is 10.1 Å². The first-order valence-electron chi connectivity index (χ1n) is 6.82. The molecule has 0 spiro atoms. The van der Waals surface area contributed by atoms with Crippen molar-refractivity contribution in [3.63, 3.8) is 0 Å². The third-order valence-corrected chi connectivity index (χ3v) is 4.88. The Kier molecular flexibility index (Phi) is 5.90. The van der Waals surface area contributed by atoms with E-state index >= 15 is 0 Å². The maximum absolute atomic E-state index is 12.1. The van der Waals surface area contributed by atoms with Crippen LogP contribution < -0.4 is 5.32 Å². The zero-order valence-corrected chi connectivity index (χ0v) is 15.3. The lowest BCUT2D eigenvalue weighted by Gasteiger charge is -1.99. The molecule has 0 bridgehead atoms. The van der Waals surface area contributed by atoms with Gasteiger partial charge in [-0.05, 0) is 36.3 Å². The molecule has 0 aliphatic rings. The average Bonchev–Trinajstić information content (AvgIpc) is 2.89. The quantitative estimate of drug-likeness (QED) is 0.613. The van der Waals surface area contributed by atoms with E-state index in [2.05, 4.69) is 26.0 Å². The van der Waals surface area contributed by atoms with E-state index in [1.54, 1.807) is 13.0 Å². The molecule has 1 heterocycles. The molecule has 0 aliphatic carbocycles. The Balaban J connectivity index is 2.18. The fourth-order valence-corrected chi connectivity index (χ4v) is 3.27. The van der Waals surface area contributed by atoms with E-state index in [1.165, 1.54) is 13.2 Å². The Morgan fingerprint density at radius 3 is 2.58 bits per heavy atom. The summed E-state index contributed by atoms with van der Waals surface area (Å²) in [7, 11) is 1.27. The number of thiophene rings is 1. The lowest BCUT2D eigenvalue weighted by Crippen LogP contribution is -2.07. The first-order chi connectivity index (χ1) is 11.5. The molecule has 0 aliphatic heterocycles. The maximum atomic E-state index is 12.1. The normalized spacial score (nSPS) is 10.4. The van der Waals surface area contributed by atoms with Crippen molar-refractivity contribution in [1.82, 2.24) is 0 Å². The standard InChI is InChI=1S/C17H13BrN2O3S/c1-10-13(9-19)16(24-15(10)17(22)23-2)20-14(21)8-5-11-3-6-12(18)7-4-11/h3-8H,1-2H3,(H,20,21)/b8-5+. The molecule has 2 rings (SSSR count). The van der Waals surface area contributed by atoms with Crippen LogP contribution in [0.5, 0.6) is 0 Å². The monoisotopic (exact) mass is 404 g/mol. The molecule has 1 amide bonds. The van der Waals surface area contributed by atoms with Crippen LogP contribution in [0.3, 0.4) is 0 Å². The van der Waals surface area contributed by atoms with Gasteiger partial charge in [0.05, 0.1) is 12.7 Å². The number of ether oxygens (including phenoxy) is 1. The van der Waals surface area contributed by atoms with Gasteiger partial charge in [0, 0.05) is 10.5 Å². The van der Waals surface area contributed by atoms with E-state index in [0.29, 0.717) is 15.4 Å². The van der Waals surface area contributed by atoms with Crippen LogP contribution in [0, 0.1) is 18.3 Å². The number of carbonyl (C=O) groups excluding carboxylic acids is 2. The molecule has 1 N–H and O–H groups in total. The molecule has 0 fully saturated rings. The number of amides is 1. The number of hydrogen-bond acceptors (Lipinski definition) is 5. The van der Waals surface area contributed by atoms with Crippen molar-refractivity contribution in [1.29, 1.82) is 5.26 Å². The van der Waals surface area contributed by atoms with E-state index in [9.17, 15) is 14.9 Å². The van der Waals surface area contributed by atoms with Crippen molar-refractivity contribution in [3.05, 3.63) is 56.4 Å². The summed E-state index contributed by atoms with van der Waals surface area (Å²) < 4.78 is 5.63. The number of nitrogens with one attached hydrogen (secondary N) is 1. The van der Waals surface area contributed by atoms with E-state index < -0.39 is 5.97 Å². The van der Waals surface area contributed by atoms with Gasteiger partial charge in [0.1, 0.15) is 15.9 Å². The van der Waals surface area contributed by atoms with Crippen molar-refractivity contribution < 1.29 is 14.3 Å². The zero-order chi connectivity index (χ0) is 17.7. The predicted molar refractivity (Wildman–Crippen MR) is 96.9 cm³/mol. The SMILES string of the molecule is COC(=O)c1sc(NC(=O)/C=C/c2ccc(Br)cc2)c(C#N)c1C. The summed E-state index contributed by atoms with van der Waals surface area (Å²) in [4.78, 5) is 24.0.